The van der Waals surface area contributed by atoms with Gasteiger partial charge in [0, 0.05) is 11.6 Å². The predicted octanol–water partition coefficient (Wildman–Crippen LogP) is 1.89. The van der Waals surface area contributed by atoms with E-state index in [1.165, 1.54) is 0 Å². The van der Waals surface area contributed by atoms with Gasteiger partial charge in [0.2, 0.25) is 0 Å². The molecule has 0 saturated heterocycles. The van der Waals surface area contributed by atoms with Crippen molar-refractivity contribution in [2.75, 3.05) is 5.32 Å². The smallest absolute Gasteiger partial charge is 0.335 e. The van der Waals surface area contributed by atoms with E-state index in [1.54, 1.807) is 24.4 Å². The summed E-state index contributed by atoms with van der Waals surface area (Å²) in [7, 11) is 0. The van der Waals surface area contributed by atoms with Gasteiger partial charge in [-0.2, -0.15) is 0 Å². The van der Waals surface area contributed by atoms with Gasteiger partial charge in [0.15, 0.2) is 0 Å². The van der Waals surface area contributed by atoms with Gasteiger partial charge < -0.3 is 15.2 Å². The Kier molecular flexibility index (Phi) is 2.99. The fraction of sp³-hybridized carbons (Fsp3) is 0.118. The summed E-state index contributed by atoms with van der Waals surface area (Å²) in [5.41, 5.74) is 1.35. The highest BCUT2D eigenvalue weighted by Crippen LogP contribution is 2.35. The maximum Gasteiger partial charge on any atom is 0.335 e. The summed E-state index contributed by atoms with van der Waals surface area (Å²) in [6, 6.07) is 9.14. The minimum Gasteiger partial charge on any atom is -0.478 e. The van der Waals surface area contributed by atoms with Crippen molar-refractivity contribution in [3.63, 3.8) is 0 Å². The summed E-state index contributed by atoms with van der Waals surface area (Å²) in [4.78, 5) is 28.3. The third-order valence-corrected chi connectivity index (χ3v) is 3.97. The van der Waals surface area contributed by atoms with E-state index >= 15 is 0 Å². The molecule has 0 spiro atoms. The summed E-state index contributed by atoms with van der Waals surface area (Å²) in [6.45, 7) is 0. The molecule has 114 valence electrons. The van der Waals surface area contributed by atoms with E-state index in [0.717, 1.165) is 5.39 Å². The Morgan fingerprint density at radius 2 is 1.83 bits per heavy atom. The molecule has 2 atom stereocenters. The number of carbonyl (C=O) groups excluding carboxylic acids is 1. The van der Waals surface area contributed by atoms with Crippen LogP contribution in [-0.2, 0) is 14.3 Å². The van der Waals surface area contributed by atoms with E-state index in [1.807, 2.05) is 24.3 Å². The summed E-state index contributed by atoms with van der Waals surface area (Å²) >= 11 is 0. The lowest BCUT2D eigenvalue weighted by Crippen LogP contribution is -2.24. The summed E-state index contributed by atoms with van der Waals surface area (Å²) in [5.74, 6) is -1.61. The first-order valence-electron chi connectivity index (χ1n) is 7.11. The molecule has 3 heterocycles. The van der Waals surface area contributed by atoms with Crippen LogP contribution in [0.3, 0.4) is 0 Å². The number of carboxylic acid groups (broad SMARTS) is 1. The van der Waals surface area contributed by atoms with Gasteiger partial charge in [-0.25, -0.2) is 4.79 Å². The van der Waals surface area contributed by atoms with Crippen molar-refractivity contribution in [1.82, 2.24) is 4.98 Å². The van der Waals surface area contributed by atoms with E-state index in [2.05, 4.69) is 10.3 Å². The first kappa shape index (κ1) is 13.7. The number of aromatic nitrogens is 1. The van der Waals surface area contributed by atoms with Gasteiger partial charge >= 0.3 is 5.97 Å². The Balaban J connectivity index is 1.71. The highest BCUT2D eigenvalue weighted by molar-refractivity contribution is 6.13. The normalized spacial score (nSPS) is 21.9. The van der Waals surface area contributed by atoms with Crippen molar-refractivity contribution in [2.24, 2.45) is 0 Å². The predicted molar refractivity (Wildman–Crippen MR) is 82.8 cm³/mol. The molecule has 23 heavy (non-hydrogen) atoms. The van der Waals surface area contributed by atoms with Crippen molar-refractivity contribution in [1.29, 1.82) is 0 Å². The topological polar surface area (TPSA) is 88.5 Å². The van der Waals surface area contributed by atoms with Crippen LogP contribution in [-0.4, -0.2) is 34.2 Å². The van der Waals surface area contributed by atoms with Crippen molar-refractivity contribution < 1.29 is 19.4 Å². The van der Waals surface area contributed by atoms with Crippen LogP contribution in [0.1, 0.15) is 0 Å². The molecule has 1 aromatic heterocycles. The third kappa shape index (κ3) is 2.11. The van der Waals surface area contributed by atoms with E-state index in [9.17, 15) is 14.7 Å². The second-order valence-corrected chi connectivity index (χ2v) is 5.33. The van der Waals surface area contributed by atoms with Crippen LogP contribution < -0.4 is 5.32 Å². The Morgan fingerprint density at radius 1 is 1.09 bits per heavy atom. The van der Waals surface area contributed by atoms with Gasteiger partial charge in [-0.05, 0) is 12.1 Å². The van der Waals surface area contributed by atoms with Gasteiger partial charge in [0.1, 0.15) is 12.2 Å². The number of rotatable bonds is 3. The zero-order chi connectivity index (χ0) is 16.0. The minimum atomic E-state index is -1.14. The zero-order valence-corrected chi connectivity index (χ0v) is 11.9. The number of carboxylic acids is 1. The molecule has 1 amide bonds. The van der Waals surface area contributed by atoms with Gasteiger partial charge in [0.05, 0.1) is 22.4 Å². The van der Waals surface area contributed by atoms with Crippen LogP contribution in [0.15, 0.2) is 59.8 Å². The largest absolute Gasteiger partial charge is 0.478 e. The monoisotopic (exact) mass is 308 g/mol. The molecule has 2 aliphatic heterocycles. The molecule has 6 nitrogen and oxygen atoms in total. The quantitative estimate of drug-likeness (QED) is 0.845. The average Bonchev–Trinajstić information content (AvgIpc) is 3.16. The van der Waals surface area contributed by atoms with Crippen LogP contribution in [0.25, 0.3) is 10.9 Å². The molecule has 0 unspecified atom stereocenters. The Hall–Kier alpha value is -2.99. The summed E-state index contributed by atoms with van der Waals surface area (Å²) in [5, 5.41) is 13.0. The number of fused-ring (bicyclic) bond motifs is 3. The Morgan fingerprint density at radius 3 is 2.61 bits per heavy atom. The van der Waals surface area contributed by atoms with Crippen molar-refractivity contribution in [3.8, 4) is 0 Å². The number of benzene rings is 1. The first-order valence-corrected chi connectivity index (χ1v) is 7.11. The average molecular weight is 308 g/mol. The fourth-order valence-electron chi connectivity index (χ4n) is 2.97. The second kappa shape index (κ2) is 5.03. The van der Waals surface area contributed by atoms with E-state index in [-0.39, 0.29) is 11.1 Å². The lowest BCUT2D eigenvalue weighted by Gasteiger charge is -2.12. The number of nitrogens with one attached hydrogen (secondary N) is 1. The second-order valence-electron chi connectivity index (χ2n) is 5.33. The number of aliphatic carboxylic acids is 1. The number of ether oxygens (including phenoxy) is 1. The van der Waals surface area contributed by atoms with E-state index in [4.69, 9.17) is 4.74 Å². The van der Waals surface area contributed by atoms with Gasteiger partial charge in [-0.15, -0.1) is 0 Å². The van der Waals surface area contributed by atoms with Crippen molar-refractivity contribution in [3.05, 3.63) is 59.8 Å². The van der Waals surface area contributed by atoms with Crippen LogP contribution in [0.2, 0.25) is 0 Å². The maximum absolute atomic E-state index is 12.6. The molecule has 2 N–H and O–H groups in total. The lowest BCUT2D eigenvalue weighted by molar-refractivity contribution is -0.133. The highest BCUT2D eigenvalue weighted by Gasteiger charge is 2.42. The number of hydrogen-bond donors (Lipinski definition) is 2. The van der Waals surface area contributed by atoms with Crippen molar-refractivity contribution >= 4 is 28.5 Å². The highest BCUT2D eigenvalue weighted by atomic mass is 16.5. The summed E-state index contributed by atoms with van der Waals surface area (Å²) < 4.78 is 5.46. The van der Waals surface area contributed by atoms with Gasteiger partial charge in [-0.1, -0.05) is 30.4 Å². The number of carbonyl (C=O) groups is 2. The number of para-hydroxylation sites is 1. The molecule has 0 fully saturated rings. The van der Waals surface area contributed by atoms with Crippen LogP contribution >= 0.6 is 0 Å². The number of pyridine rings is 1. The molecule has 6 heteroatoms. The SMILES string of the molecule is O=C(O)C1=C(C(=O)Nc2cccc3cccnc23)[C@H]2C=C[C@H]1O2. The molecule has 2 aromatic rings. The van der Waals surface area contributed by atoms with E-state index < -0.39 is 24.1 Å². The van der Waals surface area contributed by atoms with Crippen LogP contribution in [0, 0.1) is 0 Å². The molecule has 0 aliphatic carbocycles. The molecular formula is C17H12N2O4. The third-order valence-electron chi connectivity index (χ3n) is 3.97. The molecular weight excluding hydrogens is 296 g/mol. The Bertz CT molecular complexity index is 895. The molecule has 0 radical (unpaired) electrons. The Labute approximate surface area is 131 Å². The number of anilines is 1. The van der Waals surface area contributed by atoms with Gasteiger partial charge in [-0.3, -0.25) is 9.78 Å². The summed E-state index contributed by atoms with van der Waals surface area (Å²) in [6.07, 6.45) is 3.75. The van der Waals surface area contributed by atoms with Crippen molar-refractivity contribution in [2.45, 2.75) is 12.2 Å². The number of amides is 1. The van der Waals surface area contributed by atoms with E-state index in [0.29, 0.717) is 11.2 Å². The molecule has 0 saturated carbocycles. The maximum atomic E-state index is 12.6. The lowest BCUT2D eigenvalue weighted by atomic mass is 9.96. The number of nitrogens with zero attached hydrogens (tertiary/aromatic N) is 1. The van der Waals surface area contributed by atoms with Crippen LogP contribution in [0.4, 0.5) is 5.69 Å². The molecule has 2 bridgehead atoms. The molecule has 1 aromatic carbocycles. The first-order chi connectivity index (χ1) is 11.1. The standard InChI is InChI=1S/C17H12N2O4/c20-16(13-11-6-7-12(23-11)14(13)17(21)22)19-10-5-1-3-9-4-2-8-18-15(9)10/h1-8,11-12H,(H,19,20)(H,21,22)/t11-,12-/m1/s1. The van der Waals surface area contributed by atoms with Crippen LogP contribution in [0.5, 0.6) is 0 Å². The molecule has 2 aliphatic rings. The van der Waals surface area contributed by atoms with Gasteiger partial charge in [0.25, 0.3) is 5.91 Å². The molecule has 4 rings (SSSR count). The fourth-order valence-corrected chi connectivity index (χ4v) is 2.97. The minimum absolute atomic E-state index is 0.00296. The number of hydrogen-bond acceptors (Lipinski definition) is 4. The zero-order valence-electron chi connectivity index (χ0n) is 11.9.